The van der Waals surface area contributed by atoms with Crippen LogP contribution in [0.15, 0.2) is 40.1 Å². The highest BCUT2D eigenvalue weighted by Gasteiger charge is 2.14. The lowest BCUT2D eigenvalue weighted by atomic mass is 10.2. The van der Waals surface area contributed by atoms with E-state index in [1.54, 1.807) is 13.0 Å². The number of esters is 1. The minimum Gasteiger partial charge on any atom is -0.462 e. The molecule has 0 fully saturated rings. The van der Waals surface area contributed by atoms with Crippen LogP contribution in [0.4, 0.5) is 4.39 Å². The highest BCUT2D eigenvalue weighted by molar-refractivity contribution is 5.88. The Morgan fingerprint density at radius 1 is 1.33 bits per heavy atom. The van der Waals surface area contributed by atoms with Gasteiger partial charge in [0.15, 0.2) is 0 Å². The van der Waals surface area contributed by atoms with Crippen LogP contribution in [0.1, 0.15) is 22.8 Å². The van der Waals surface area contributed by atoms with Crippen molar-refractivity contribution in [3.8, 4) is 0 Å². The van der Waals surface area contributed by atoms with Gasteiger partial charge >= 0.3 is 11.7 Å². The lowest BCUT2D eigenvalue weighted by molar-refractivity contribution is 0.0523. The molecule has 0 radical (unpaired) electrons. The van der Waals surface area contributed by atoms with Gasteiger partial charge in [-0.1, -0.05) is 18.2 Å². The van der Waals surface area contributed by atoms with Crippen molar-refractivity contribution in [2.75, 3.05) is 6.61 Å². The number of nitrogens with one attached hydrogen (secondary N) is 1. The Morgan fingerprint density at radius 2 is 2.05 bits per heavy atom. The summed E-state index contributed by atoms with van der Waals surface area (Å²) in [6, 6.07) is 5.93. The summed E-state index contributed by atoms with van der Waals surface area (Å²) >= 11 is 0. The van der Waals surface area contributed by atoms with Gasteiger partial charge in [-0.25, -0.2) is 14.0 Å². The van der Waals surface area contributed by atoms with Gasteiger partial charge in [-0.2, -0.15) is 0 Å². The monoisotopic (exact) mass is 292 g/mol. The summed E-state index contributed by atoms with van der Waals surface area (Å²) in [5, 5.41) is 0. The third-order valence-corrected chi connectivity index (χ3v) is 2.80. The first-order chi connectivity index (χ1) is 10.0. The highest BCUT2D eigenvalue weighted by Crippen LogP contribution is 2.07. The molecule has 1 aromatic carbocycles. The fourth-order valence-electron chi connectivity index (χ4n) is 1.79. The number of rotatable bonds is 4. The molecule has 110 valence electrons. The summed E-state index contributed by atoms with van der Waals surface area (Å²) < 4.78 is 19.4. The van der Waals surface area contributed by atoms with Crippen molar-refractivity contribution in [3.63, 3.8) is 0 Å². The first kappa shape index (κ1) is 14.7. The zero-order valence-corrected chi connectivity index (χ0v) is 11.3. The molecule has 0 saturated carbocycles. The van der Waals surface area contributed by atoms with Gasteiger partial charge in [0.25, 0.3) is 5.56 Å². The molecule has 7 heteroatoms. The molecular weight excluding hydrogens is 279 g/mol. The van der Waals surface area contributed by atoms with Gasteiger partial charge in [0.05, 0.1) is 13.2 Å². The summed E-state index contributed by atoms with van der Waals surface area (Å²) in [5.41, 5.74) is -1.59. The van der Waals surface area contributed by atoms with E-state index in [0.717, 1.165) is 10.8 Å². The fraction of sp³-hybridized carbons (Fsp3) is 0.214. The summed E-state index contributed by atoms with van der Waals surface area (Å²) in [7, 11) is 0. The maximum Gasteiger partial charge on any atom is 0.345 e. The van der Waals surface area contributed by atoms with Crippen LogP contribution in [0.3, 0.4) is 0 Å². The van der Waals surface area contributed by atoms with Crippen molar-refractivity contribution >= 4 is 5.97 Å². The minimum atomic E-state index is -0.832. The molecule has 0 atom stereocenters. The van der Waals surface area contributed by atoms with E-state index < -0.39 is 23.0 Å². The number of H-pyrrole nitrogens is 1. The van der Waals surface area contributed by atoms with E-state index in [2.05, 4.69) is 0 Å². The molecule has 0 aliphatic carbocycles. The molecule has 2 aromatic rings. The van der Waals surface area contributed by atoms with Crippen molar-refractivity contribution in [2.45, 2.75) is 13.5 Å². The van der Waals surface area contributed by atoms with Crippen molar-refractivity contribution in [2.24, 2.45) is 0 Å². The van der Waals surface area contributed by atoms with E-state index >= 15 is 0 Å². The molecule has 0 saturated heterocycles. The standard InChI is InChI=1S/C14H13FN2O4/c1-2-21-13(19)10-8-17(14(20)16-12(10)18)7-9-5-3-4-6-11(9)15/h3-6,8H,2,7H2,1H3,(H,16,18,20). The first-order valence-electron chi connectivity index (χ1n) is 6.27. The molecule has 0 aliphatic rings. The maximum atomic E-state index is 13.6. The molecule has 1 N–H and O–H groups in total. The van der Waals surface area contributed by atoms with E-state index in [1.807, 2.05) is 4.98 Å². The van der Waals surface area contributed by atoms with Gasteiger partial charge in [0, 0.05) is 11.8 Å². The van der Waals surface area contributed by atoms with Gasteiger partial charge in [-0.3, -0.25) is 14.3 Å². The fourth-order valence-corrected chi connectivity index (χ4v) is 1.79. The third-order valence-electron chi connectivity index (χ3n) is 2.80. The average Bonchev–Trinajstić information content (AvgIpc) is 2.44. The summed E-state index contributed by atoms with van der Waals surface area (Å²) in [4.78, 5) is 36.9. The van der Waals surface area contributed by atoms with Crippen LogP contribution in [0.5, 0.6) is 0 Å². The summed E-state index contributed by atoms with van der Waals surface area (Å²) in [6.45, 7) is 1.60. The second-order valence-electron chi connectivity index (χ2n) is 4.24. The van der Waals surface area contributed by atoms with Crippen LogP contribution in [0, 0.1) is 5.82 Å². The third kappa shape index (κ3) is 3.25. The first-order valence-corrected chi connectivity index (χ1v) is 6.27. The number of nitrogens with zero attached hydrogens (tertiary/aromatic N) is 1. The molecule has 0 amide bonds. The van der Waals surface area contributed by atoms with E-state index in [1.165, 1.54) is 18.2 Å². The van der Waals surface area contributed by atoms with Crippen molar-refractivity contribution < 1.29 is 13.9 Å². The molecule has 1 heterocycles. The molecule has 6 nitrogen and oxygen atoms in total. The highest BCUT2D eigenvalue weighted by atomic mass is 19.1. The normalized spacial score (nSPS) is 10.4. The van der Waals surface area contributed by atoms with Crippen LogP contribution < -0.4 is 11.2 Å². The molecule has 21 heavy (non-hydrogen) atoms. The number of aromatic amines is 1. The Hall–Kier alpha value is -2.70. The van der Waals surface area contributed by atoms with Crippen LogP contribution >= 0.6 is 0 Å². The van der Waals surface area contributed by atoms with Gasteiger partial charge in [-0.15, -0.1) is 0 Å². The molecule has 0 unspecified atom stereocenters. The summed E-state index contributed by atoms with van der Waals surface area (Å²) in [6.07, 6.45) is 1.08. The van der Waals surface area contributed by atoms with E-state index in [9.17, 15) is 18.8 Å². The average molecular weight is 292 g/mol. The van der Waals surface area contributed by atoms with E-state index in [4.69, 9.17) is 4.74 Å². The number of carbonyl (C=O) groups is 1. The molecule has 1 aromatic heterocycles. The molecule has 0 spiro atoms. The van der Waals surface area contributed by atoms with Crippen LogP contribution in [0.2, 0.25) is 0 Å². The zero-order chi connectivity index (χ0) is 15.4. The quantitative estimate of drug-likeness (QED) is 0.849. The Balaban J connectivity index is 2.43. The molecule has 0 aliphatic heterocycles. The number of hydrogen-bond donors (Lipinski definition) is 1. The predicted octanol–water partition coefficient (Wildman–Crippen LogP) is 0.901. The van der Waals surface area contributed by atoms with Crippen LogP contribution in [-0.2, 0) is 11.3 Å². The van der Waals surface area contributed by atoms with Crippen molar-refractivity contribution in [3.05, 3.63) is 68.2 Å². The minimum absolute atomic E-state index is 0.102. The number of halogens is 1. The Bertz CT molecular complexity index is 779. The van der Waals surface area contributed by atoms with Crippen LogP contribution in [0.25, 0.3) is 0 Å². The summed E-state index contributed by atoms with van der Waals surface area (Å²) in [5.74, 6) is -1.31. The maximum absolute atomic E-state index is 13.6. The number of hydrogen-bond acceptors (Lipinski definition) is 4. The molecule has 0 bridgehead atoms. The smallest absolute Gasteiger partial charge is 0.345 e. The SMILES string of the molecule is CCOC(=O)c1cn(Cc2ccccc2F)c(=O)[nH]c1=O. The number of aromatic nitrogens is 2. The van der Waals surface area contributed by atoms with Crippen molar-refractivity contribution in [1.29, 1.82) is 0 Å². The van der Waals surface area contributed by atoms with Gasteiger partial charge in [0.1, 0.15) is 11.4 Å². The zero-order valence-electron chi connectivity index (χ0n) is 11.3. The molecule has 2 rings (SSSR count). The van der Waals surface area contributed by atoms with Gasteiger partial charge < -0.3 is 4.74 Å². The second kappa shape index (κ2) is 6.17. The predicted molar refractivity (Wildman–Crippen MR) is 72.8 cm³/mol. The lowest BCUT2D eigenvalue weighted by Crippen LogP contribution is -2.34. The van der Waals surface area contributed by atoms with Gasteiger partial charge in [0.2, 0.25) is 0 Å². The Morgan fingerprint density at radius 3 is 2.71 bits per heavy atom. The Labute approximate surface area is 118 Å². The van der Waals surface area contributed by atoms with E-state index in [-0.39, 0.29) is 24.3 Å². The van der Waals surface area contributed by atoms with Gasteiger partial charge in [-0.05, 0) is 13.0 Å². The number of ether oxygens (including phenoxy) is 1. The lowest BCUT2D eigenvalue weighted by Gasteiger charge is -2.08. The topological polar surface area (TPSA) is 81.2 Å². The number of benzene rings is 1. The largest absolute Gasteiger partial charge is 0.462 e. The Kier molecular flexibility index (Phi) is 4.32. The van der Waals surface area contributed by atoms with Crippen molar-refractivity contribution in [1.82, 2.24) is 9.55 Å². The number of carbonyl (C=O) groups excluding carboxylic acids is 1. The second-order valence-corrected chi connectivity index (χ2v) is 4.24. The van der Waals surface area contributed by atoms with E-state index in [0.29, 0.717) is 0 Å². The van der Waals surface area contributed by atoms with Crippen LogP contribution in [-0.4, -0.2) is 22.1 Å². The molecular formula is C14H13FN2O4.